The summed E-state index contributed by atoms with van der Waals surface area (Å²) < 4.78 is 32.8. The average molecular weight is 393 g/mol. The topological polar surface area (TPSA) is 116 Å². The van der Waals surface area contributed by atoms with Crippen LogP contribution in [-0.2, 0) is 10.0 Å². The number of nitrogens with zero attached hydrogens (tertiary/aromatic N) is 4. The number of methoxy groups -OCH3 is 1. The summed E-state index contributed by atoms with van der Waals surface area (Å²) in [5.41, 5.74) is 1.56. The van der Waals surface area contributed by atoms with E-state index in [9.17, 15) is 13.2 Å². The number of nitrogens with one attached hydrogen (secondary N) is 1. The Morgan fingerprint density at radius 2 is 2.00 bits per heavy atom. The fourth-order valence-corrected chi connectivity index (χ4v) is 4.09. The third kappa shape index (κ3) is 3.58. The quantitative estimate of drug-likeness (QED) is 0.698. The van der Waals surface area contributed by atoms with Gasteiger partial charge >= 0.3 is 0 Å². The summed E-state index contributed by atoms with van der Waals surface area (Å²) in [5, 5.41) is 11.8. The number of hydrogen-bond donors (Lipinski definition) is 1. The van der Waals surface area contributed by atoms with Crippen LogP contribution in [-0.4, -0.2) is 41.4 Å². The molecule has 0 fully saturated rings. The zero-order valence-corrected chi connectivity index (χ0v) is 15.8. The van der Waals surface area contributed by atoms with Crippen LogP contribution >= 0.6 is 11.3 Å². The first-order valence-electron chi connectivity index (χ1n) is 7.38. The third-order valence-electron chi connectivity index (χ3n) is 3.37. The Labute approximate surface area is 153 Å². The Hall–Kier alpha value is -2.79. The molecule has 26 heavy (non-hydrogen) atoms. The minimum atomic E-state index is -4.09. The van der Waals surface area contributed by atoms with Gasteiger partial charge < -0.3 is 4.74 Å². The van der Waals surface area contributed by atoms with Crippen molar-refractivity contribution in [3.8, 4) is 11.4 Å². The zero-order valence-electron chi connectivity index (χ0n) is 14.1. The Morgan fingerprint density at radius 3 is 2.65 bits per heavy atom. The molecule has 3 rings (SSSR count). The number of aromatic nitrogens is 4. The maximum absolute atomic E-state index is 12.3. The molecule has 1 N–H and O–H groups in total. The first-order valence-corrected chi connectivity index (χ1v) is 9.68. The Morgan fingerprint density at radius 1 is 1.23 bits per heavy atom. The number of aryl methyl sites for hydroxylation is 2. The standard InChI is InChI=1S/C15H15N5O4S2/c1-9-4-5-13(24-3)12(8-9)20-7-6-11(18-20)14(21)19-26(22,23)15-17-16-10(2)25-15/h4-8H,1-3H3,(H,19,21). The Kier molecular flexibility index (Phi) is 4.74. The fraction of sp³-hybridized carbons (Fsp3) is 0.200. The van der Waals surface area contributed by atoms with Crippen molar-refractivity contribution in [2.24, 2.45) is 0 Å². The molecule has 0 aliphatic heterocycles. The minimum absolute atomic E-state index is 0.0571. The average Bonchev–Trinajstić information content (AvgIpc) is 3.24. The van der Waals surface area contributed by atoms with Crippen molar-refractivity contribution in [1.82, 2.24) is 24.7 Å². The number of hydrogen-bond acceptors (Lipinski definition) is 8. The summed E-state index contributed by atoms with van der Waals surface area (Å²) in [7, 11) is -2.56. The lowest BCUT2D eigenvalue weighted by atomic mass is 10.2. The van der Waals surface area contributed by atoms with E-state index < -0.39 is 15.9 Å². The maximum Gasteiger partial charge on any atom is 0.293 e. The van der Waals surface area contributed by atoms with E-state index in [0.29, 0.717) is 16.4 Å². The lowest BCUT2D eigenvalue weighted by molar-refractivity contribution is 0.0976. The first kappa shape index (κ1) is 18.0. The summed E-state index contributed by atoms with van der Waals surface area (Å²) in [5.74, 6) is -0.286. The van der Waals surface area contributed by atoms with Gasteiger partial charge in [0.15, 0.2) is 5.69 Å². The van der Waals surface area contributed by atoms with E-state index in [-0.39, 0.29) is 10.0 Å². The van der Waals surface area contributed by atoms with Crippen molar-refractivity contribution in [3.63, 3.8) is 0 Å². The van der Waals surface area contributed by atoms with Crippen molar-refractivity contribution in [1.29, 1.82) is 0 Å². The van der Waals surface area contributed by atoms with E-state index in [0.717, 1.165) is 16.9 Å². The van der Waals surface area contributed by atoms with Crippen molar-refractivity contribution in [2.75, 3.05) is 7.11 Å². The molecule has 9 nitrogen and oxygen atoms in total. The van der Waals surface area contributed by atoms with E-state index in [4.69, 9.17) is 4.74 Å². The van der Waals surface area contributed by atoms with E-state index in [1.807, 2.05) is 23.8 Å². The Balaban J connectivity index is 1.86. The molecule has 0 saturated carbocycles. The number of ether oxygens (including phenoxy) is 1. The fourth-order valence-electron chi connectivity index (χ4n) is 2.16. The normalized spacial score (nSPS) is 11.3. The second kappa shape index (κ2) is 6.84. The summed E-state index contributed by atoms with van der Waals surface area (Å²) in [6, 6.07) is 6.93. The van der Waals surface area contributed by atoms with Crippen LogP contribution in [0.4, 0.5) is 0 Å². The first-order chi connectivity index (χ1) is 12.3. The molecule has 11 heteroatoms. The van der Waals surface area contributed by atoms with Crippen LogP contribution in [0.2, 0.25) is 0 Å². The highest BCUT2D eigenvalue weighted by molar-refractivity contribution is 7.92. The summed E-state index contributed by atoms with van der Waals surface area (Å²) in [6.45, 7) is 3.53. The van der Waals surface area contributed by atoms with Gasteiger partial charge in [-0.25, -0.2) is 9.40 Å². The molecule has 1 amide bonds. The molecule has 0 radical (unpaired) electrons. The van der Waals surface area contributed by atoms with Gasteiger partial charge in [0.05, 0.1) is 7.11 Å². The molecule has 0 unspecified atom stereocenters. The molecule has 0 aliphatic rings. The third-order valence-corrected chi connectivity index (χ3v) is 5.90. The molecular weight excluding hydrogens is 378 g/mol. The Bertz CT molecular complexity index is 1070. The number of sulfonamides is 1. The second-order valence-electron chi connectivity index (χ2n) is 5.34. The predicted molar refractivity (Wildman–Crippen MR) is 94.2 cm³/mol. The zero-order chi connectivity index (χ0) is 18.9. The highest BCUT2D eigenvalue weighted by atomic mass is 32.2. The largest absolute Gasteiger partial charge is 0.494 e. The number of carbonyl (C=O) groups is 1. The van der Waals surface area contributed by atoms with Crippen molar-refractivity contribution < 1.29 is 17.9 Å². The van der Waals surface area contributed by atoms with Crippen LogP contribution < -0.4 is 9.46 Å². The summed E-state index contributed by atoms with van der Waals surface area (Å²) in [6.07, 6.45) is 1.55. The molecular formula is C15H15N5O4S2. The van der Waals surface area contributed by atoms with Gasteiger partial charge in [0.25, 0.3) is 20.3 Å². The van der Waals surface area contributed by atoms with Gasteiger partial charge in [0.1, 0.15) is 16.4 Å². The maximum atomic E-state index is 12.3. The van der Waals surface area contributed by atoms with Crippen molar-refractivity contribution >= 4 is 27.3 Å². The van der Waals surface area contributed by atoms with Crippen LogP contribution in [0.15, 0.2) is 34.8 Å². The molecule has 0 saturated heterocycles. The van der Waals surface area contributed by atoms with Gasteiger partial charge in [-0.3, -0.25) is 4.79 Å². The van der Waals surface area contributed by atoms with Crippen LogP contribution in [0.3, 0.4) is 0 Å². The van der Waals surface area contributed by atoms with Gasteiger partial charge in [-0.1, -0.05) is 17.4 Å². The van der Waals surface area contributed by atoms with E-state index in [1.165, 1.54) is 17.9 Å². The van der Waals surface area contributed by atoms with Gasteiger partial charge in [-0.15, -0.1) is 10.2 Å². The highest BCUT2D eigenvalue weighted by Gasteiger charge is 2.24. The molecule has 0 aliphatic carbocycles. The highest BCUT2D eigenvalue weighted by Crippen LogP contribution is 2.23. The van der Waals surface area contributed by atoms with Crippen LogP contribution in [0.5, 0.6) is 5.75 Å². The lowest BCUT2D eigenvalue weighted by Gasteiger charge is -2.09. The van der Waals surface area contributed by atoms with Gasteiger partial charge in [-0.2, -0.15) is 13.5 Å². The predicted octanol–water partition coefficient (Wildman–Crippen LogP) is 1.47. The number of rotatable bonds is 5. The molecule has 2 aromatic heterocycles. The van der Waals surface area contributed by atoms with Crippen LogP contribution in [0.25, 0.3) is 5.69 Å². The van der Waals surface area contributed by atoms with E-state index in [1.54, 1.807) is 19.2 Å². The molecule has 0 spiro atoms. The number of benzene rings is 1. The lowest BCUT2D eigenvalue weighted by Crippen LogP contribution is -2.31. The van der Waals surface area contributed by atoms with Crippen LogP contribution in [0, 0.1) is 13.8 Å². The van der Waals surface area contributed by atoms with Gasteiger partial charge in [0.2, 0.25) is 0 Å². The molecule has 0 bridgehead atoms. The summed E-state index contributed by atoms with van der Waals surface area (Å²) >= 11 is 0.873. The summed E-state index contributed by atoms with van der Waals surface area (Å²) in [4.78, 5) is 12.3. The van der Waals surface area contributed by atoms with E-state index in [2.05, 4.69) is 15.3 Å². The van der Waals surface area contributed by atoms with Crippen molar-refractivity contribution in [2.45, 2.75) is 18.2 Å². The van der Waals surface area contributed by atoms with Gasteiger partial charge in [-0.05, 0) is 37.6 Å². The molecule has 0 atom stereocenters. The second-order valence-corrected chi connectivity index (χ2v) is 8.38. The number of amides is 1. The molecule has 3 aromatic rings. The SMILES string of the molecule is COc1ccc(C)cc1-n1ccc(C(=O)NS(=O)(=O)c2nnc(C)s2)n1. The molecule has 1 aromatic carbocycles. The van der Waals surface area contributed by atoms with Gasteiger partial charge in [0, 0.05) is 6.20 Å². The molecule has 2 heterocycles. The van der Waals surface area contributed by atoms with E-state index >= 15 is 0 Å². The minimum Gasteiger partial charge on any atom is -0.494 e. The van der Waals surface area contributed by atoms with Crippen molar-refractivity contribution in [3.05, 3.63) is 46.7 Å². The molecule has 136 valence electrons. The monoisotopic (exact) mass is 393 g/mol. The van der Waals surface area contributed by atoms with Crippen LogP contribution in [0.1, 0.15) is 21.1 Å². The number of carbonyl (C=O) groups excluding carboxylic acids is 1. The smallest absolute Gasteiger partial charge is 0.293 e.